The minimum atomic E-state index is -0.270. The molecule has 0 unspecified atom stereocenters. The zero-order valence-corrected chi connectivity index (χ0v) is 14.3. The van der Waals surface area contributed by atoms with Gasteiger partial charge < -0.3 is 10.1 Å². The quantitative estimate of drug-likeness (QED) is 0.700. The summed E-state index contributed by atoms with van der Waals surface area (Å²) in [6.07, 6.45) is 0.573. The van der Waals surface area contributed by atoms with E-state index in [-0.39, 0.29) is 11.7 Å². The van der Waals surface area contributed by atoms with Crippen LogP contribution in [0.2, 0.25) is 0 Å². The minimum Gasteiger partial charge on any atom is -0.487 e. The molecular formula is C19H17FN2O2S. The maximum Gasteiger partial charge on any atom is 0.251 e. The molecule has 4 nitrogen and oxygen atoms in total. The highest BCUT2D eigenvalue weighted by atomic mass is 32.1. The molecule has 0 saturated carbocycles. The molecule has 0 aliphatic rings. The molecule has 25 heavy (non-hydrogen) atoms. The zero-order chi connectivity index (χ0) is 17.5. The van der Waals surface area contributed by atoms with Gasteiger partial charge in [-0.1, -0.05) is 18.2 Å². The molecule has 3 rings (SSSR count). The van der Waals surface area contributed by atoms with E-state index in [2.05, 4.69) is 10.3 Å². The molecule has 6 heteroatoms. The Morgan fingerprint density at radius 1 is 1.20 bits per heavy atom. The van der Waals surface area contributed by atoms with Crippen molar-refractivity contribution in [1.29, 1.82) is 0 Å². The standard InChI is InChI=1S/C19H17FN2O2S/c20-16-5-1-3-14(9-16)7-8-21-19(23)15-4-2-6-18(10-15)24-11-17-12-25-13-22-17/h1-6,9-10,12-13H,7-8,11H2,(H,21,23). The number of carbonyl (C=O) groups excluding carboxylic acids is 1. The number of rotatable bonds is 7. The van der Waals surface area contributed by atoms with Crippen molar-refractivity contribution in [1.82, 2.24) is 10.3 Å². The van der Waals surface area contributed by atoms with Crippen LogP contribution in [0.4, 0.5) is 4.39 Å². The van der Waals surface area contributed by atoms with Gasteiger partial charge in [0.15, 0.2) is 0 Å². The molecule has 0 fully saturated rings. The lowest BCUT2D eigenvalue weighted by atomic mass is 10.1. The predicted molar refractivity (Wildman–Crippen MR) is 95.3 cm³/mol. The number of carbonyl (C=O) groups is 1. The molecule has 1 N–H and O–H groups in total. The maximum atomic E-state index is 13.1. The van der Waals surface area contributed by atoms with E-state index in [1.54, 1.807) is 35.8 Å². The first-order valence-corrected chi connectivity index (χ1v) is 8.77. The highest BCUT2D eigenvalue weighted by Gasteiger charge is 2.07. The van der Waals surface area contributed by atoms with Gasteiger partial charge in [-0.2, -0.15) is 0 Å². The summed E-state index contributed by atoms with van der Waals surface area (Å²) in [4.78, 5) is 16.4. The number of halogens is 1. The molecule has 0 bridgehead atoms. The van der Waals surface area contributed by atoms with Crippen LogP contribution in [0, 0.1) is 5.82 Å². The second-order valence-corrected chi connectivity index (χ2v) is 6.15. The van der Waals surface area contributed by atoms with Crippen molar-refractivity contribution in [2.75, 3.05) is 6.54 Å². The Bertz CT molecular complexity index is 837. The van der Waals surface area contributed by atoms with Crippen LogP contribution < -0.4 is 10.1 Å². The summed E-state index contributed by atoms with van der Waals surface area (Å²) in [7, 11) is 0. The highest BCUT2D eigenvalue weighted by Crippen LogP contribution is 2.15. The van der Waals surface area contributed by atoms with E-state index < -0.39 is 0 Å². The van der Waals surface area contributed by atoms with Crippen LogP contribution in [0.25, 0.3) is 0 Å². The highest BCUT2D eigenvalue weighted by molar-refractivity contribution is 7.07. The molecule has 3 aromatic rings. The number of benzene rings is 2. The van der Waals surface area contributed by atoms with Crippen molar-refractivity contribution >= 4 is 17.2 Å². The Kier molecular flexibility index (Phi) is 5.74. The predicted octanol–water partition coefficient (Wildman–Crippen LogP) is 3.83. The fraction of sp³-hybridized carbons (Fsp3) is 0.158. The lowest BCUT2D eigenvalue weighted by Crippen LogP contribution is -2.25. The van der Waals surface area contributed by atoms with Crippen molar-refractivity contribution in [3.8, 4) is 5.75 Å². The third-order valence-electron chi connectivity index (χ3n) is 3.55. The number of amides is 1. The molecule has 1 amide bonds. The lowest BCUT2D eigenvalue weighted by Gasteiger charge is -2.08. The smallest absolute Gasteiger partial charge is 0.251 e. The van der Waals surface area contributed by atoms with Gasteiger partial charge in [0.2, 0.25) is 0 Å². The molecule has 0 aliphatic heterocycles. The second kappa shape index (κ2) is 8.39. The van der Waals surface area contributed by atoms with Crippen LogP contribution in [0.1, 0.15) is 21.6 Å². The van der Waals surface area contributed by atoms with E-state index >= 15 is 0 Å². The van der Waals surface area contributed by atoms with E-state index in [1.165, 1.54) is 23.5 Å². The van der Waals surface area contributed by atoms with Gasteiger partial charge in [0.05, 0.1) is 11.2 Å². The monoisotopic (exact) mass is 356 g/mol. The molecule has 0 aliphatic carbocycles. The number of thiazole rings is 1. The number of hydrogen-bond donors (Lipinski definition) is 1. The Morgan fingerprint density at radius 2 is 2.08 bits per heavy atom. The average molecular weight is 356 g/mol. The summed E-state index contributed by atoms with van der Waals surface area (Å²) in [5, 5.41) is 4.76. The fourth-order valence-electron chi connectivity index (χ4n) is 2.31. The first-order chi connectivity index (χ1) is 12.2. The molecule has 0 saturated heterocycles. The number of aromatic nitrogens is 1. The van der Waals surface area contributed by atoms with Gasteiger partial charge in [-0.05, 0) is 42.3 Å². The first-order valence-electron chi connectivity index (χ1n) is 7.83. The van der Waals surface area contributed by atoms with Gasteiger partial charge >= 0.3 is 0 Å². The molecule has 1 heterocycles. The summed E-state index contributed by atoms with van der Waals surface area (Å²) in [5.41, 5.74) is 3.98. The van der Waals surface area contributed by atoms with Crippen LogP contribution in [-0.4, -0.2) is 17.4 Å². The van der Waals surface area contributed by atoms with Crippen LogP contribution in [0.3, 0.4) is 0 Å². The molecular weight excluding hydrogens is 339 g/mol. The number of hydrogen-bond acceptors (Lipinski definition) is 4. The van der Waals surface area contributed by atoms with E-state index in [0.29, 0.717) is 30.9 Å². The SMILES string of the molecule is O=C(NCCc1cccc(F)c1)c1cccc(OCc2cscn2)c1. The largest absolute Gasteiger partial charge is 0.487 e. The number of nitrogens with zero attached hydrogens (tertiary/aromatic N) is 1. The third kappa shape index (κ3) is 5.12. The van der Waals surface area contributed by atoms with Gasteiger partial charge in [-0.3, -0.25) is 4.79 Å². The van der Waals surface area contributed by atoms with Gasteiger partial charge in [-0.15, -0.1) is 11.3 Å². The van der Waals surface area contributed by atoms with Crippen LogP contribution in [0.15, 0.2) is 59.4 Å². The molecule has 2 aromatic carbocycles. The summed E-state index contributed by atoms with van der Waals surface area (Å²) in [5.74, 6) is 0.162. The van der Waals surface area contributed by atoms with Crippen LogP contribution in [0.5, 0.6) is 5.75 Å². The second-order valence-electron chi connectivity index (χ2n) is 5.43. The maximum absolute atomic E-state index is 13.1. The summed E-state index contributed by atoms with van der Waals surface area (Å²) >= 11 is 1.51. The van der Waals surface area contributed by atoms with Crippen molar-refractivity contribution in [3.05, 3.63) is 82.1 Å². The Balaban J connectivity index is 1.52. The Hall–Kier alpha value is -2.73. The summed E-state index contributed by atoms with van der Waals surface area (Å²) < 4.78 is 18.8. The molecule has 0 spiro atoms. The van der Waals surface area contributed by atoms with E-state index in [0.717, 1.165) is 11.3 Å². The van der Waals surface area contributed by atoms with Crippen molar-refractivity contribution in [2.45, 2.75) is 13.0 Å². The average Bonchev–Trinajstić information content (AvgIpc) is 3.14. The lowest BCUT2D eigenvalue weighted by molar-refractivity contribution is 0.0953. The molecule has 0 radical (unpaired) electrons. The van der Waals surface area contributed by atoms with Crippen LogP contribution >= 0.6 is 11.3 Å². The van der Waals surface area contributed by atoms with Crippen molar-refractivity contribution < 1.29 is 13.9 Å². The normalized spacial score (nSPS) is 10.4. The first kappa shape index (κ1) is 17.1. The molecule has 1 aromatic heterocycles. The van der Waals surface area contributed by atoms with E-state index in [4.69, 9.17) is 4.74 Å². The number of ether oxygens (including phenoxy) is 1. The van der Waals surface area contributed by atoms with Gasteiger partial charge in [-0.25, -0.2) is 9.37 Å². The number of nitrogens with one attached hydrogen (secondary N) is 1. The van der Waals surface area contributed by atoms with Crippen LogP contribution in [-0.2, 0) is 13.0 Å². The zero-order valence-electron chi connectivity index (χ0n) is 13.4. The fourth-order valence-corrected chi connectivity index (χ4v) is 2.85. The summed E-state index contributed by atoms with van der Waals surface area (Å²) in [6, 6.07) is 13.4. The Morgan fingerprint density at radius 3 is 2.88 bits per heavy atom. The van der Waals surface area contributed by atoms with E-state index in [9.17, 15) is 9.18 Å². The molecule has 0 atom stereocenters. The van der Waals surface area contributed by atoms with Gasteiger partial charge in [0.1, 0.15) is 18.2 Å². The van der Waals surface area contributed by atoms with Crippen molar-refractivity contribution in [3.63, 3.8) is 0 Å². The third-order valence-corrected chi connectivity index (χ3v) is 4.19. The minimum absolute atomic E-state index is 0.185. The van der Waals surface area contributed by atoms with Gasteiger partial charge in [0, 0.05) is 17.5 Å². The van der Waals surface area contributed by atoms with Crippen molar-refractivity contribution in [2.24, 2.45) is 0 Å². The summed E-state index contributed by atoms with van der Waals surface area (Å²) in [6.45, 7) is 0.806. The topological polar surface area (TPSA) is 51.2 Å². The van der Waals surface area contributed by atoms with E-state index in [1.807, 2.05) is 11.4 Å². The molecule has 128 valence electrons. The Labute approximate surface area is 149 Å². The van der Waals surface area contributed by atoms with Gasteiger partial charge in [0.25, 0.3) is 5.91 Å².